The molecule has 8 nitrogen and oxygen atoms in total. The van der Waals surface area contributed by atoms with Crippen LogP contribution in [0.3, 0.4) is 0 Å². The number of hydrogen-bond donors (Lipinski definition) is 1. The van der Waals surface area contributed by atoms with Gasteiger partial charge in [-0.2, -0.15) is 0 Å². The number of nitrogens with zero attached hydrogens (tertiary/aromatic N) is 5. The van der Waals surface area contributed by atoms with Crippen LogP contribution in [-0.4, -0.2) is 63.7 Å². The summed E-state index contributed by atoms with van der Waals surface area (Å²) in [5, 5.41) is 21.0. The van der Waals surface area contributed by atoms with Crippen LogP contribution in [0.5, 0.6) is 0 Å². The van der Waals surface area contributed by atoms with Crippen LogP contribution in [0.2, 0.25) is 0 Å². The van der Waals surface area contributed by atoms with Gasteiger partial charge in [-0.25, -0.2) is 9.97 Å². The number of aliphatic hydroxyl groups excluding tert-OH is 1. The Bertz CT molecular complexity index is 864. The van der Waals surface area contributed by atoms with Crippen LogP contribution in [0.4, 0.5) is 11.5 Å². The van der Waals surface area contributed by atoms with Crippen LogP contribution in [0, 0.1) is 24.0 Å². The predicted octanol–water partition coefficient (Wildman–Crippen LogP) is 2.88. The first-order valence-corrected chi connectivity index (χ1v) is 10.6. The summed E-state index contributed by atoms with van der Waals surface area (Å²) < 4.78 is 0. The Morgan fingerprint density at radius 3 is 2.40 bits per heavy atom. The Hall–Kier alpha value is -2.58. The van der Waals surface area contributed by atoms with Gasteiger partial charge >= 0.3 is 0 Å². The lowest BCUT2D eigenvalue weighted by atomic mass is 10.0. The molecule has 1 atom stereocenters. The van der Waals surface area contributed by atoms with E-state index in [0.717, 1.165) is 74.0 Å². The van der Waals surface area contributed by atoms with E-state index in [1.165, 1.54) is 0 Å². The van der Waals surface area contributed by atoms with Crippen LogP contribution in [0.25, 0.3) is 0 Å². The summed E-state index contributed by atoms with van der Waals surface area (Å²) in [6, 6.07) is 6.68. The lowest BCUT2D eigenvalue weighted by molar-refractivity contribution is -0.384. The van der Waals surface area contributed by atoms with Crippen molar-refractivity contribution in [3.8, 4) is 0 Å². The lowest BCUT2D eigenvalue weighted by Gasteiger charge is -2.37. The fourth-order valence-electron chi connectivity index (χ4n) is 3.99. The highest BCUT2D eigenvalue weighted by molar-refractivity contribution is 5.52. The van der Waals surface area contributed by atoms with E-state index in [1.54, 1.807) is 24.3 Å². The first-order valence-electron chi connectivity index (χ1n) is 10.6. The zero-order valence-corrected chi connectivity index (χ0v) is 18.0. The largest absolute Gasteiger partial charge is 0.392 e. The highest BCUT2D eigenvalue weighted by Gasteiger charge is 2.23. The summed E-state index contributed by atoms with van der Waals surface area (Å²) in [5.74, 6) is 1.70. The molecule has 0 aliphatic carbocycles. The summed E-state index contributed by atoms with van der Waals surface area (Å²) in [6.07, 6.45) is 2.20. The number of rotatable bonds is 8. The number of anilines is 1. The molecule has 1 aromatic carbocycles. The molecule has 1 saturated heterocycles. The van der Waals surface area contributed by atoms with E-state index in [-0.39, 0.29) is 16.7 Å². The van der Waals surface area contributed by atoms with Gasteiger partial charge in [0.15, 0.2) is 0 Å². The SMILES string of the molecule is CCC[C@@H](O)CN1CCN(c2nc(C)nc(C)c2Cc2ccc([N+](=O)[O-])cc2)CC1. The number of hydrogen-bond acceptors (Lipinski definition) is 7. The molecule has 1 N–H and O–H groups in total. The number of β-amino-alcohol motifs (C(OH)–C–C–N with tert-alkyl or cyclic N) is 1. The van der Waals surface area contributed by atoms with Gasteiger partial charge in [0.2, 0.25) is 0 Å². The average molecular weight is 414 g/mol. The second-order valence-electron chi connectivity index (χ2n) is 7.99. The number of nitro groups is 1. The van der Waals surface area contributed by atoms with E-state index in [0.29, 0.717) is 6.42 Å². The molecular weight excluding hydrogens is 382 g/mol. The maximum absolute atomic E-state index is 10.9. The Labute approximate surface area is 177 Å². The molecular formula is C22H31N5O3. The maximum atomic E-state index is 10.9. The van der Waals surface area contributed by atoms with E-state index in [9.17, 15) is 15.2 Å². The molecule has 0 radical (unpaired) electrons. The van der Waals surface area contributed by atoms with E-state index in [4.69, 9.17) is 4.98 Å². The quantitative estimate of drug-likeness (QED) is 0.525. The van der Waals surface area contributed by atoms with Gasteiger partial charge in [-0.15, -0.1) is 0 Å². The average Bonchev–Trinajstić information content (AvgIpc) is 2.71. The van der Waals surface area contributed by atoms with Crippen LogP contribution in [0.1, 0.15) is 42.4 Å². The maximum Gasteiger partial charge on any atom is 0.269 e. The first kappa shape index (κ1) is 22.1. The summed E-state index contributed by atoms with van der Waals surface area (Å²) in [4.78, 5) is 24.4. The molecule has 0 bridgehead atoms. The summed E-state index contributed by atoms with van der Waals surface area (Å²) >= 11 is 0. The second-order valence-corrected chi connectivity index (χ2v) is 7.99. The van der Waals surface area contributed by atoms with Crippen molar-refractivity contribution in [2.45, 2.75) is 46.1 Å². The van der Waals surface area contributed by atoms with Gasteiger partial charge in [0.05, 0.1) is 11.0 Å². The molecule has 1 fully saturated rings. The van der Waals surface area contributed by atoms with Crippen molar-refractivity contribution < 1.29 is 10.0 Å². The van der Waals surface area contributed by atoms with E-state index in [2.05, 4.69) is 21.7 Å². The number of nitro benzene ring substituents is 1. The van der Waals surface area contributed by atoms with E-state index >= 15 is 0 Å². The summed E-state index contributed by atoms with van der Waals surface area (Å²) in [6.45, 7) is 10.2. The minimum Gasteiger partial charge on any atom is -0.392 e. The Kier molecular flexibility index (Phi) is 7.33. The monoisotopic (exact) mass is 413 g/mol. The lowest BCUT2D eigenvalue weighted by Crippen LogP contribution is -2.49. The van der Waals surface area contributed by atoms with Crippen LogP contribution in [-0.2, 0) is 6.42 Å². The van der Waals surface area contributed by atoms with Crippen LogP contribution in [0.15, 0.2) is 24.3 Å². The number of piperazine rings is 1. The van der Waals surface area contributed by atoms with Crippen LogP contribution >= 0.6 is 0 Å². The van der Waals surface area contributed by atoms with Gasteiger partial charge < -0.3 is 10.0 Å². The van der Waals surface area contributed by atoms with Gasteiger partial charge in [-0.05, 0) is 25.8 Å². The molecule has 162 valence electrons. The molecule has 0 amide bonds. The van der Waals surface area contributed by atoms with Crippen molar-refractivity contribution in [2.75, 3.05) is 37.6 Å². The van der Waals surface area contributed by atoms with Crippen molar-refractivity contribution in [2.24, 2.45) is 0 Å². The van der Waals surface area contributed by atoms with Crippen LogP contribution < -0.4 is 4.90 Å². The molecule has 2 heterocycles. The second kappa shape index (κ2) is 9.95. The fourth-order valence-corrected chi connectivity index (χ4v) is 3.99. The Morgan fingerprint density at radius 1 is 1.13 bits per heavy atom. The van der Waals surface area contributed by atoms with E-state index < -0.39 is 0 Å². The first-order chi connectivity index (χ1) is 14.4. The summed E-state index contributed by atoms with van der Waals surface area (Å²) in [7, 11) is 0. The highest BCUT2D eigenvalue weighted by atomic mass is 16.6. The molecule has 0 saturated carbocycles. The third kappa shape index (κ3) is 5.52. The standard InChI is InChI=1S/C22H31N5O3/c1-4-5-20(28)15-25-10-12-26(13-11-25)22-21(16(2)23-17(3)24-22)14-18-6-8-19(9-7-18)27(29)30/h6-9,20,28H,4-5,10-15H2,1-3H3/t20-/m1/s1. The number of aryl methyl sites for hydroxylation is 2. The predicted molar refractivity (Wildman–Crippen MR) is 117 cm³/mol. The minimum absolute atomic E-state index is 0.0947. The highest BCUT2D eigenvalue weighted by Crippen LogP contribution is 2.26. The number of non-ortho nitro benzene ring substituents is 1. The molecule has 0 unspecified atom stereocenters. The van der Waals surface area contributed by atoms with Crippen molar-refractivity contribution in [1.29, 1.82) is 0 Å². The van der Waals surface area contributed by atoms with E-state index in [1.807, 2.05) is 13.8 Å². The smallest absolute Gasteiger partial charge is 0.269 e. The van der Waals surface area contributed by atoms with Gasteiger partial charge in [0, 0.05) is 62.5 Å². The molecule has 1 aliphatic heterocycles. The minimum atomic E-state index is -0.383. The molecule has 1 aliphatic rings. The van der Waals surface area contributed by atoms with Gasteiger partial charge in [0.1, 0.15) is 11.6 Å². The van der Waals surface area contributed by atoms with Gasteiger partial charge in [-0.1, -0.05) is 25.5 Å². The summed E-state index contributed by atoms with van der Waals surface area (Å²) in [5.41, 5.74) is 3.10. The van der Waals surface area contributed by atoms with Crippen molar-refractivity contribution in [3.63, 3.8) is 0 Å². The molecule has 30 heavy (non-hydrogen) atoms. The zero-order valence-electron chi connectivity index (χ0n) is 18.0. The molecule has 3 rings (SSSR count). The molecule has 1 aromatic heterocycles. The number of aliphatic hydroxyl groups is 1. The molecule has 0 spiro atoms. The fraction of sp³-hybridized carbons (Fsp3) is 0.545. The van der Waals surface area contributed by atoms with Crippen molar-refractivity contribution >= 4 is 11.5 Å². The third-order valence-electron chi connectivity index (χ3n) is 5.59. The van der Waals surface area contributed by atoms with Crippen molar-refractivity contribution in [3.05, 3.63) is 57.0 Å². The topological polar surface area (TPSA) is 95.6 Å². The Morgan fingerprint density at radius 2 is 1.80 bits per heavy atom. The van der Waals surface area contributed by atoms with Crippen molar-refractivity contribution in [1.82, 2.24) is 14.9 Å². The zero-order chi connectivity index (χ0) is 21.7. The number of benzene rings is 1. The third-order valence-corrected chi connectivity index (χ3v) is 5.59. The number of aromatic nitrogens is 2. The molecule has 2 aromatic rings. The normalized spacial score (nSPS) is 15.9. The molecule has 8 heteroatoms. The van der Waals surface area contributed by atoms with Gasteiger partial charge in [-0.3, -0.25) is 15.0 Å². The van der Waals surface area contributed by atoms with Gasteiger partial charge in [0.25, 0.3) is 5.69 Å². The Balaban J connectivity index is 1.75.